The number of hydrogen-bond acceptors (Lipinski definition) is 9. The van der Waals surface area contributed by atoms with Gasteiger partial charge in [-0.2, -0.15) is 0 Å². The third-order valence-electron chi connectivity index (χ3n) is 4.51. The maximum Gasteiger partial charge on any atom is 0.0900 e. The van der Waals surface area contributed by atoms with Gasteiger partial charge in [0.2, 0.25) is 0 Å². The van der Waals surface area contributed by atoms with Crippen molar-refractivity contribution in [1.82, 2.24) is 9.80 Å². The molecule has 9 nitrogen and oxygen atoms in total. The minimum absolute atomic E-state index is 0.277. The lowest BCUT2D eigenvalue weighted by Crippen LogP contribution is -2.42. The number of ether oxygens (including phenoxy) is 5. The molecule has 9 heteroatoms. The summed E-state index contributed by atoms with van der Waals surface area (Å²) in [5.74, 6) is 0. The van der Waals surface area contributed by atoms with Gasteiger partial charge < -0.3 is 33.9 Å². The first-order valence-corrected chi connectivity index (χ1v) is 9.93. The van der Waals surface area contributed by atoms with Gasteiger partial charge in [-0.05, 0) is 0 Å². The first-order valence-electron chi connectivity index (χ1n) is 9.93. The van der Waals surface area contributed by atoms with Gasteiger partial charge in [-0.3, -0.25) is 9.80 Å². The van der Waals surface area contributed by atoms with E-state index in [1.54, 1.807) is 0 Å². The number of aliphatic hydroxyl groups is 2. The Labute approximate surface area is 162 Å². The van der Waals surface area contributed by atoms with Gasteiger partial charge >= 0.3 is 0 Å². The van der Waals surface area contributed by atoms with Crippen LogP contribution in [0.25, 0.3) is 0 Å². The van der Waals surface area contributed by atoms with Crippen LogP contribution in [0, 0.1) is 0 Å². The Morgan fingerprint density at radius 1 is 0.481 bits per heavy atom. The molecule has 3 rings (SSSR count). The summed E-state index contributed by atoms with van der Waals surface area (Å²) in [4.78, 5) is 4.28. The highest BCUT2D eigenvalue weighted by atomic mass is 16.5. The summed E-state index contributed by atoms with van der Waals surface area (Å²) in [5, 5.41) is 20.4. The molecule has 0 radical (unpaired) electrons. The van der Waals surface area contributed by atoms with Gasteiger partial charge in [-0.25, -0.2) is 0 Å². The van der Waals surface area contributed by atoms with E-state index >= 15 is 0 Å². The molecule has 0 aromatic carbocycles. The topological polar surface area (TPSA) is 93.1 Å². The third-order valence-corrected chi connectivity index (χ3v) is 4.51. The molecule has 3 saturated heterocycles. The molecule has 0 spiro atoms. The summed E-state index contributed by atoms with van der Waals surface area (Å²) >= 11 is 0. The summed E-state index contributed by atoms with van der Waals surface area (Å²) < 4.78 is 27.9. The highest BCUT2D eigenvalue weighted by Crippen LogP contribution is 2.00. The van der Waals surface area contributed by atoms with Gasteiger partial charge in [0.1, 0.15) is 0 Å². The van der Waals surface area contributed by atoms with E-state index in [1.807, 2.05) is 0 Å². The van der Waals surface area contributed by atoms with E-state index < -0.39 is 12.2 Å². The van der Waals surface area contributed by atoms with Crippen molar-refractivity contribution in [2.45, 2.75) is 12.2 Å². The summed E-state index contributed by atoms with van der Waals surface area (Å²) in [6.45, 7) is 8.72. The minimum atomic E-state index is -0.552. The van der Waals surface area contributed by atoms with Crippen molar-refractivity contribution < 1.29 is 33.9 Å². The van der Waals surface area contributed by atoms with E-state index in [9.17, 15) is 10.2 Å². The van der Waals surface area contributed by atoms with Crippen LogP contribution in [0.3, 0.4) is 0 Å². The van der Waals surface area contributed by atoms with Crippen LogP contribution in [0.1, 0.15) is 0 Å². The van der Waals surface area contributed by atoms with Crippen molar-refractivity contribution in [3.05, 3.63) is 0 Å². The Kier molecular flexibility index (Phi) is 12.4. The van der Waals surface area contributed by atoms with E-state index in [1.165, 1.54) is 0 Å². The molecule has 0 aliphatic carbocycles. The first kappa shape index (κ1) is 22.9. The van der Waals surface area contributed by atoms with Crippen molar-refractivity contribution in [1.29, 1.82) is 0 Å². The number of aliphatic hydroxyl groups excluding tert-OH is 2. The lowest BCUT2D eigenvalue weighted by molar-refractivity contribution is -0.0400. The van der Waals surface area contributed by atoms with Gasteiger partial charge in [-0.15, -0.1) is 0 Å². The molecule has 0 amide bonds. The fraction of sp³-hybridized carbons (Fsp3) is 1.00. The van der Waals surface area contributed by atoms with Crippen molar-refractivity contribution >= 4 is 0 Å². The normalized spacial score (nSPS) is 34.9. The van der Waals surface area contributed by atoms with Crippen LogP contribution < -0.4 is 0 Å². The number of rotatable bonds is 0. The molecular formula is C18H36N2O7. The lowest BCUT2D eigenvalue weighted by Gasteiger charge is -2.28. The van der Waals surface area contributed by atoms with Crippen molar-refractivity contribution in [2.24, 2.45) is 0 Å². The SMILES string of the molecule is OC1COCCOCCOCC(O)CN2CCOCCN(CCOCC2)C1. The largest absolute Gasteiger partial charge is 0.389 e. The third kappa shape index (κ3) is 11.3. The molecular weight excluding hydrogens is 356 g/mol. The predicted octanol–water partition coefficient (Wildman–Crippen LogP) is -1.58. The summed E-state index contributed by atoms with van der Waals surface area (Å²) in [7, 11) is 0. The molecule has 2 N–H and O–H groups in total. The second-order valence-corrected chi connectivity index (χ2v) is 6.90. The summed E-state index contributed by atoms with van der Waals surface area (Å²) in [6.07, 6.45) is -1.10. The van der Waals surface area contributed by atoms with Crippen molar-refractivity contribution in [3.8, 4) is 0 Å². The average molecular weight is 392 g/mol. The van der Waals surface area contributed by atoms with Gasteiger partial charge in [0.05, 0.1) is 78.3 Å². The van der Waals surface area contributed by atoms with Crippen LogP contribution in [0.5, 0.6) is 0 Å². The number of hydrogen-bond donors (Lipinski definition) is 2. The number of fused-ring (bicyclic) bond motifs is 20. The Morgan fingerprint density at radius 3 is 1.22 bits per heavy atom. The van der Waals surface area contributed by atoms with E-state index in [0.717, 1.165) is 26.2 Å². The fourth-order valence-corrected chi connectivity index (χ4v) is 3.05. The quantitative estimate of drug-likeness (QED) is 0.474. The molecule has 3 aliphatic heterocycles. The zero-order valence-electron chi connectivity index (χ0n) is 16.3. The Morgan fingerprint density at radius 2 is 0.815 bits per heavy atom. The molecule has 0 saturated carbocycles. The second-order valence-electron chi connectivity index (χ2n) is 6.90. The van der Waals surface area contributed by atoms with Crippen LogP contribution in [0.2, 0.25) is 0 Å². The van der Waals surface area contributed by atoms with E-state index in [0.29, 0.717) is 65.9 Å². The molecule has 3 heterocycles. The van der Waals surface area contributed by atoms with E-state index in [2.05, 4.69) is 9.80 Å². The smallest absolute Gasteiger partial charge is 0.0900 e. The molecule has 0 aromatic rings. The van der Waals surface area contributed by atoms with Crippen LogP contribution in [-0.2, 0) is 23.7 Å². The van der Waals surface area contributed by atoms with Crippen LogP contribution >= 0.6 is 0 Å². The molecule has 0 aromatic heterocycles. The minimum Gasteiger partial charge on any atom is -0.389 e. The maximum atomic E-state index is 10.2. The predicted molar refractivity (Wildman–Crippen MR) is 99.0 cm³/mol. The molecule has 2 atom stereocenters. The fourth-order valence-electron chi connectivity index (χ4n) is 3.05. The molecule has 2 unspecified atom stereocenters. The molecule has 3 fully saturated rings. The summed E-state index contributed by atoms with van der Waals surface area (Å²) in [6, 6.07) is 0. The van der Waals surface area contributed by atoms with Crippen LogP contribution in [0.4, 0.5) is 0 Å². The van der Waals surface area contributed by atoms with Crippen molar-refractivity contribution in [3.63, 3.8) is 0 Å². The maximum absolute atomic E-state index is 10.2. The van der Waals surface area contributed by atoms with E-state index in [4.69, 9.17) is 23.7 Å². The second kappa shape index (κ2) is 14.6. The summed E-state index contributed by atoms with van der Waals surface area (Å²) in [5.41, 5.74) is 0. The zero-order chi connectivity index (χ0) is 19.2. The average Bonchev–Trinajstić information content (AvgIpc) is 2.63. The zero-order valence-corrected chi connectivity index (χ0v) is 16.3. The lowest BCUT2D eigenvalue weighted by atomic mass is 10.3. The molecule has 2 bridgehead atoms. The highest BCUT2D eigenvalue weighted by Gasteiger charge is 2.15. The van der Waals surface area contributed by atoms with E-state index in [-0.39, 0.29) is 13.2 Å². The monoisotopic (exact) mass is 392 g/mol. The van der Waals surface area contributed by atoms with Gasteiger partial charge in [0.15, 0.2) is 0 Å². The standard InChI is InChI=1S/C18H36N2O7/c21-17-13-19-1-5-23-7-3-20(4-8-24-6-2-19)14-18(22)16-27-12-10-25-9-11-26-15-17/h17-18,21-22H,1-16H2. The number of nitrogens with zero attached hydrogens (tertiary/aromatic N) is 2. The van der Waals surface area contributed by atoms with Crippen LogP contribution in [0.15, 0.2) is 0 Å². The Hall–Kier alpha value is -0.360. The van der Waals surface area contributed by atoms with Gasteiger partial charge in [-0.1, -0.05) is 0 Å². The van der Waals surface area contributed by atoms with Crippen molar-refractivity contribution in [2.75, 3.05) is 105 Å². The molecule has 3 aliphatic rings. The molecule has 160 valence electrons. The Balaban J connectivity index is 1.88. The van der Waals surface area contributed by atoms with Crippen LogP contribution in [-0.4, -0.2) is 138 Å². The molecule has 27 heavy (non-hydrogen) atoms. The van der Waals surface area contributed by atoms with Gasteiger partial charge in [0.25, 0.3) is 0 Å². The van der Waals surface area contributed by atoms with Gasteiger partial charge in [0, 0.05) is 39.3 Å². The Bertz CT molecular complexity index is 321. The first-order chi connectivity index (χ1) is 13.2. The highest BCUT2D eigenvalue weighted by molar-refractivity contribution is 4.67.